The van der Waals surface area contributed by atoms with Gasteiger partial charge in [-0.3, -0.25) is 0 Å². The Balaban J connectivity index is 0.00000576. The number of benzene rings is 1. The first-order valence-electron chi connectivity index (χ1n) is 7.83. The summed E-state index contributed by atoms with van der Waals surface area (Å²) in [6.07, 6.45) is -4.34. The maximum absolute atomic E-state index is 12.1. The number of ether oxygens (including phenoxy) is 2. The molecule has 25 heavy (non-hydrogen) atoms. The van der Waals surface area contributed by atoms with Gasteiger partial charge in [0.05, 0.1) is 13.2 Å². The minimum absolute atomic E-state index is 0. The van der Waals surface area contributed by atoms with Crippen molar-refractivity contribution in [2.75, 3.05) is 32.9 Å². The molecule has 1 aromatic carbocycles. The van der Waals surface area contributed by atoms with Crippen LogP contribution in [0.3, 0.4) is 0 Å². The van der Waals surface area contributed by atoms with Gasteiger partial charge in [0.2, 0.25) is 0 Å². The number of nitrogens with one attached hydrogen (secondary N) is 2. The molecule has 0 aromatic heterocycles. The van der Waals surface area contributed by atoms with Crippen molar-refractivity contribution >= 4 is 29.9 Å². The average Bonchev–Trinajstić information content (AvgIpc) is 2.55. The van der Waals surface area contributed by atoms with Crippen molar-refractivity contribution in [3.8, 4) is 5.75 Å². The molecule has 0 bridgehead atoms. The van der Waals surface area contributed by atoms with Crippen LogP contribution < -0.4 is 15.4 Å². The number of hydrogen-bond acceptors (Lipinski definition) is 3. The highest BCUT2D eigenvalue weighted by Crippen LogP contribution is 2.19. The normalized spacial score (nSPS) is 11.6. The zero-order chi connectivity index (χ0) is 17.8. The summed E-state index contributed by atoms with van der Waals surface area (Å²) in [5, 5.41) is 6.25. The summed E-state index contributed by atoms with van der Waals surface area (Å²) < 4.78 is 46.2. The minimum Gasteiger partial charge on any atom is -0.484 e. The quantitative estimate of drug-likeness (QED) is 0.249. The first-order valence-corrected chi connectivity index (χ1v) is 7.83. The molecular formula is C16H25F3IN3O2. The maximum Gasteiger partial charge on any atom is 0.422 e. The molecule has 0 atom stereocenters. The second-order valence-electron chi connectivity index (χ2n) is 4.87. The molecule has 0 unspecified atom stereocenters. The molecule has 0 saturated carbocycles. The lowest BCUT2D eigenvalue weighted by Gasteiger charge is -2.11. The van der Waals surface area contributed by atoms with Gasteiger partial charge in [-0.15, -0.1) is 24.0 Å². The Morgan fingerprint density at radius 2 is 1.80 bits per heavy atom. The fourth-order valence-corrected chi connectivity index (χ4v) is 1.75. The van der Waals surface area contributed by atoms with Crippen LogP contribution in [0, 0.1) is 0 Å². The zero-order valence-electron chi connectivity index (χ0n) is 14.4. The van der Waals surface area contributed by atoms with Crippen LogP contribution >= 0.6 is 24.0 Å². The highest BCUT2D eigenvalue weighted by molar-refractivity contribution is 14.0. The van der Waals surface area contributed by atoms with Gasteiger partial charge < -0.3 is 20.1 Å². The predicted molar refractivity (Wildman–Crippen MR) is 103 cm³/mol. The van der Waals surface area contributed by atoms with Crippen LogP contribution in [-0.2, 0) is 11.3 Å². The van der Waals surface area contributed by atoms with Crippen LogP contribution in [0.2, 0.25) is 0 Å². The number of alkyl halides is 3. The molecule has 0 aliphatic heterocycles. The molecule has 0 spiro atoms. The molecule has 2 N–H and O–H groups in total. The van der Waals surface area contributed by atoms with Gasteiger partial charge in [-0.25, -0.2) is 4.99 Å². The molecule has 9 heteroatoms. The zero-order valence-corrected chi connectivity index (χ0v) is 16.7. The van der Waals surface area contributed by atoms with Crippen LogP contribution in [-0.4, -0.2) is 45.0 Å². The summed E-state index contributed by atoms with van der Waals surface area (Å²) in [5.74, 6) is 0.844. The average molecular weight is 475 g/mol. The second kappa shape index (κ2) is 13.0. The predicted octanol–water partition coefficient (Wildman–Crippen LogP) is 3.34. The van der Waals surface area contributed by atoms with E-state index in [9.17, 15) is 13.2 Å². The fraction of sp³-hybridized carbons (Fsp3) is 0.562. The highest BCUT2D eigenvalue weighted by Gasteiger charge is 2.28. The van der Waals surface area contributed by atoms with Gasteiger partial charge in [0.1, 0.15) is 5.75 Å². The van der Waals surface area contributed by atoms with Gasteiger partial charge in [-0.2, -0.15) is 13.2 Å². The molecule has 1 rings (SSSR count). The first-order chi connectivity index (χ1) is 11.4. The molecule has 0 heterocycles. The second-order valence-corrected chi connectivity index (χ2v) is 4.87. The van der Waals surface area contributed by atoms with E-state index in [-0.39, 0.29) is 29.7 Å². The van der Waals surface area contributed by atoms with Crippen molar-refractivity contribution < 1.29 is 22.6 Å². The number of halogens is 4. The molecule has 144 valence electrons. The van der Waals surface area contributed by atoms with Crippen molar-refractivity contribution in [1.82, 2.24) is 10.6 Å². The van der Waals surface area contributed by atoms with E-state index in [0.717, 1.165) is 12.1 Å². The van der Waals surface area contributed by atoms with E-state index in [1.54, 1.807) is 12.1 Å². The molecule has 5 nitrogen and oxygen atoms in total. The van der Waals surface area contributed by atoms with Gasteiger partial charge in [0, 0.05) is 19.7 Å². The summed E-state index contributed by atoms with van der Waals surface area (Å²) in [5.41, 5.74) is 0.872. The van der Waals surface area contributed by atoms with Crippen LogP contribution in [0.5, 0.6) is 5.75 Å². The third kappa shape index (κ3) is 11.9. The Kier molecular flexibility index (Phi) is 12.4. The van der Waals surface area contributed by atoms with E-state index < -0.39 is 12.8 Å². The van der Waals surface area contributed by atoms with Crippen molar-refractivity contribution in [3.05, 3.63) is 29.8 Å². The lowest BCUT2D eigenvalue weighted by atomic mass is 10.2. The minimum atomic E-state index is -4.34. The Hall–Kier alpha value is -1.23. The third-order valence-electron chi connectivity index (χ3n) is 2.83. The number of guanidine groups is 1. The number of hydrogen-bond donors (Lipinski definition) is 2. The lowest BCUT2D eigenvalue weighted by molar-refractivity contribution is -0.153. The topological polar surface area (TPSA) is 54.9 Å². The molecule has 0 aliphatic carbocycles. The standard InChI is InChI=1S/C16H24F3N3O2.HI/c1-3-20-15(21-9-10-23-4-2)22-11-13-5-7-14(8-6-13)24-12-16(17,18)19;/h5-8H,3-4,9-12H2,1-2H3,(H2,20,21,22);1H. The van der Waals surface area contributed by atoms with Gasteiger partial charge in [0.25, 0.3) is 0 Å². The first kappa shape index (κ1) is 23.8. The fourth-order valence-electron chi connectivity index (χ4n) is 1.75. The smallest absolute Gasteiger partial charge is 0.422 e. The van der Waals surface area contributed by atoms with E-state index in [2.05, 4.69) is 20.4 Å². The summed E-state index contributed by atoms with van der Waals surface area (Å²) in [4.78, 5) is 4.41. The SMILES string of the molecule is CCNC(=NCc1ccc(OCC(F)(F)F)cc1)NCCOCC.I. The molecule has 0 aliphatic rings. The summed E-state index contributed by atoms with van der Waals surface area (Å²) in [6, 6.07) is 6.40. The molecule has 0 amide bonds. The van der Waals surface area contributed by atoms with E-state index in [0.29, 0.717) is 32.3 Å². The van der Waals surface area contributed by atoms with E-state index >= 15 is 0 Å². The van der Waals surface area contributed by atoms with Crippen molar-refractivity contribution in [3.63, 3.8) is 0 Å². The molecule has 0 saturated heterocycles. The summed E-state index contributed by atoms with van der Waals surface area (Å²) >= 11 is 0. The Labute approximate surface area is 163 Å². The van der Waals surface area contributed by atoms with Crippen molar-refractivity contribution in [2.45, 2.75) is 26.6 Å². The largest absolute Gasteiger partial charge is 0.484 e. The van der Waals surface area contributed by atoms with E-state index in [1.807, 2.05) is 13.8 Å². The van der Waals surface area contributed by atoms with Gasteiger partial charge in [-0.05, 0) is 31.5 Å². The summed E-state index contributed by atoms with van der Waals surface area (Å²) in [6.45, 7) is 5.63. The number of rotatable bonds is 9. The van der Waals surface area contributed by atoms with Gasteiger partial charge in [0.15, 0.2) is 12.6 Å². The van der Waals surface area contributed by atoms with Crippen LogP contribution in [0.1, 0.15) is 19.4 Å². The van der Waals surface area contributed by atoms with Crippen LogP contribution in [0.25, 0.3) is 0 Å². The van der Waals surface area contributed by atoms with Gasteiger partial charge >= 0.3 is 6.18 Å². The van der Waals surface area contributed by atoms with E-state index in [1.165, 1.54) is 12.1 Å². The Bertz CT molecular complexity index is 496. The third-order valence-corrected chi connectivity index (χ3v) is 2.83. The molecule has 1 aromatic rings. The monoisotopic (exact) mass is 475 g/mol. The highest BCUT2D eigenvalue weighted by atomic mass is 127. The maximum atomic E-state index is 12.1. The lowest BCUT2D eigenvalue weighted by Crippen LogP contribution is -2.39. The van der Waals surface area contributed by atoms with Crippen molar-refractivity contribution in [2.24, 2.45) is 4.99 Å². The molecular weight excluding hydrogens is 450 g/mol. The van der Waals surface area contributed by atoms with Crippen molar-refractivity contribution in [1.29, 1.82) is 0 Å². The Morgan fingerprint density at radius 3 is 2.36 bits per heavy atom. The molecule has 0 radical (unpaired) electrons. The summed E-state index contributed by atoms with van der Waals surface area (Å²) in [7, 11) is 0. The molecule has 0 fully saturated rings. The van der Waals surface area contributed by atoms with E-state index in [4.69, 9.17) is 4.74 Å². The Morgan fingerprint density at radius 1 is 1.12 bits per heavy atom. The number of aliphatic imine (C=N–C) groups is 1. The number of nitrogens with zero attached hydrogens (tertiary/aromatic N) is 1. The van der Waals surface area contributed by atoms with Crippen LogP contribution in [0.4, 0.5) is 13.2 Å². The van der Waals surface area contributed by atoms with Crippen LogP contribution in [0.15, 0.2) is 29.3 Å². The van der Waals surface area contributed by atoms with Gasteiger partial charge in [-0.1, -0.05) is 12.1 Å².